The number of rotatable bonds is 2. The van der Waals surface area contributed by atoms with Crippen LogP contribution in [0.2, 0.25) is 0 Å². The molecule has 0 unspecified atom stereocenters. The summed E-state index contributed by atoms with van der Waals surface area (Å²) in [5.74, 6) is 0.690. The Labute approximate surface area is 65.8 Å². The molecule has 0 bridgehead atoms. The summed E-state index contributed by atoms with van der Waals surface area (Å²) in [5.41, 5.74) is 1.93. The Kier molecular flexibility index (Phi) is 1.46. The van der Waals surface area contributed by atoms with E-state index in [0.29, 0.717) is 5.92 Å². The van der Waals surface area contributed by atoms with Crippen molar-refractivity contribution in [3.8, 4) is 0 Å². The number of aromatic nitrogens is 1. The minimum atomic E-state index is 0.690. The van der Waals surface area contributed by atoms with E-state index in [4.69, 9.17) is 5.41 Å². The molecule has 2 nitrogen and oxygen atoms in total. The maximum atomic E-state index is 7.01. The van der Waals surface area contributed by atoms with Gasteiger partial charge in [-0.15, -0.1) is 0 Å². The smallest absolute Gasteiger partial charge is 0.0808 e. The molecule has 0 atom stereocenters. The second-order valence-corrected chi connectivity index (χ2v) is 2.91. The van der Waals surface area contributed by atoms with Crippen LogP contribution in [0.1, 0.15) is 30.1 Å². The second kappa shape index (κ2) is 2.46. The van der Waals surface area contributed by atoms with E-state index in [1.54, 1.807) is 0 Å². The number of nitrogens with zero attached hydrogens (tertiary/aromatic N) is 1. The van der Waals surface area contributed by atoms with Crippen LogP contribution in [0.15, 0.2) is 18.2 Å². The standard InChI is InChI=1S/C9H10N2/c10-6-8-2-1-3-9(11-8)7-4-5-7/h1-3,6-7,10H,4-5H2. The van der Waals surface area contributed by atoms with Crippen LogP contribution in [-0.2, 0) is 0 Å². The number of nitrogens with one attached hydrogen (secondary N) is 1. The fraction of sp³-hybridized carbons (Fsp3) is 0.333. The van der Waals surface area contributed by atoms with Gasteiger partial charge in [0.1, 0.15) is 0 Å². The predicted octanol–water partition coefficient (Wildman–Crippen LogP) is 1.96. The molecular weight excluding hydrogens is 136 g/mol. The van der Waals surface area contributed by atoms with E-state index in [-0.39, 0.29) is 0 Å². The minimum absolute atomic E-state index is 0.690. The highest BCUT2D eigenvalue weighted by atomic mass is 14.7. The molecule has 0 amide bonds. The van der Waals surface area contributed by atoms with Gasteiger partial charge in [-0.3, -0.25) is 4.98 Å². The van der Waals surface area contributed by atoms with Crippen molar-refractivity contribution in [2.45, 2.75) is 18.8 Å². The van der Waals surface area contributed by atoms with E-state index in [1.807, 2.05) is 18.2 Å². The van der Waals surface area contributed by atoms with Crippen LogP contribution in [-0.4, -0.2) is 11.2 Å². The fourth-order valence-corrected chi connectivity index (χ4v) is 1.16. The molecule has 1 aliphatic carbocycles. The third-order valence-corrected chi connectivity index (χ3v) is 1.94. The first kappa shape index (κ1) is 6.53. The van der Waals surface area contributed by atoms with Crippen molar-refractivity contribution in [2.75, 3.05) is 0 Å². The molecule has 0 spiro atoms. The van der Waals surface area contributed by atoms with Crippen molar-refractivity contribution >= 4 is 6.21 Å². The van der Waals surface area contributed by atoms with Gasteiger partial charge in [0.15, 0.2) is 0 Å². The molecule has 1 saturated carbocycles. The van der Waals surface area contributed by atoms with Gasteiger partial charge in [-0.2, -0.15) is 0 Å². The lowest BCUT2D eigenvalue weighted by molar-refractivity contribution is 1.02. The number of hydrogen-bond donors (Lipinski definition) is 1. The lowest BCUT2D eigenvalue weighted by Gasteiger charge is -1.96. The van der Waals surface area contributed by atoms with Gasteiger partial charge in [-0.1, -0.05) is 6.07 Å². The summed E-state index contributed by atoms with van der Waals surface area (Å²) < 4.78 is 0. The highest BCUT2D eigenvalue weighted by molar-refractivity contribution is 5.73. The van der Waals surface area contributed by atoms with Crippen molar-refractivity contribution < 1.29 is 0 Å². The van der Waals surface area contributed by atoms with Gasteiger partial charge in [0.2, 0.25) is 0 Å². The number of hydrogen-bond acceptors (Lipinski definition) is 2. The topological polar surface area (TPSA) is 36.7 Å². The summed E-state index contributed by atoms with van der Waals surface area (Å²) in [7, 11) is 0. The Bertz CT molecular complexity index is 277. The summed E-state index contributed by atoms with van der Waals surface area (Å²) in [4.78, 5) is 4.31. The molecule has 11 heavy (non-hydrogen) atoms. The van der Waals surface area contributed by atoms with Gasteiger partial charge < -0.3 is 5.41 Å². The summed E-state index contributed by atoms with van der Waals surface area (Å²) in [6, 6.07) is 5.88. The highest BCUT2D eigenvalue weighted by Gasteiger charge is 2.24. The van der Waals surface area contributed by atoms with Crippen molar-refractivity contribution in [3.63, 3.8) is 0 Å². The molecule has 1 aliphatic rings. The maximum absolute atomic E-state index is 7.01. The molecule has 1 fully saturated rings. The molecule has 2 rings (SSSR count). The normalized spacial score (nSPS) is 16.4. The zero-order valence-electron chi connectivity index (χ0n) is 6.25. The first-order valence-corrected chi connectivity index (χ1v) is 3.87. The maximum Gasteiger partial charge on any atom is 0.0808 e. The molecule has 0 aromatic carbocycles. The summed E-state index contributed by atoms with van der Waals surface area (Å²) >= 11 is 0. The van der Waals surface area contributed by atoms with Crippen molar-refractivity contribution in [2.24, 2.45) is 0 Å². The summed E-state index contributed by atoms with van der Waals surface area (Å²) in [6.45, 7) is 0. The van der Waals surface area contributed by atoms with Crippen LogP contribution in [0.5, 0.6) is 0 Å². The first-order valence-electron chi connectivity index (χ1n) is 3.87. The van der Waals surface area contributed by atoms with E-state index >= 15 is 0 Å². The van der Waals surface area contributed by atoms with Crippen LogP contribution in [0.4, 0.5) is 0 Å². The molecular formula is C9H10N2. The zero-order valence-corrected chi connectivity index (χ0v) is 6.25. The van der Waals surface area contributed by atoms with Crippen molar-refractivity contribution in [1.29, 1.82) is 5.41 Å². The van der Waals surface area contributed by atoms with Crippen molar-refractivity contribution in [1.82, 2.24) is 4.98 Å². The Balaban J connectivity index is 2.33. The van der Waals surface area contributed by atoms with Crippen LogP contribution >= 0.6 is 0 Å². The van der Waals surface area contributed by atoms with Crippen molar-refractivity contribution in [3.05, 3.63) is 29.6 Å². The summed E-state index contributed by atoms with van der Waals surface area (Å²) in [5, 5.41) is 7.01. The third-order valence-electron chi connectivity index (χ3n) is 1.94. The molecule has 56 valence electrons. The predicted molar refractivity (Wildman–Crippen MR) is 44.1 cm³/mol. The Morgan fingerprint density at radius 3 is 2.91 bits per heavy atom. The fourth-order valence-electron chi connectivity index (χ4n) is 1.16. The third kappa shape index (κ3) is 1.29. The molecule has 0 aliphatic heterocycles. The molecule has 1 heterocycles. The molecule has 1 aromatic heterocycles. The Morgan fingerprint density at radius 2 is 2.27 bits per heavy atom. The molecule has 2 heteroatoms. The van der Waals surface area contributed by atoms with Gasteiger partial charge >= 0.3 is 0 Å². The monoisotopic (exact) mass is 146 g/mol. The van der Waals surface area contributed by atoms with Gasteiger partial charge in [0.25, 0.3) is 0 Å². The van der Waals surface area contributed by atoms with E-state index in [9.17, 15) is 0 Å². The lowest BCUT2D eigenvalue weighted by Crippen LogP contribution is -1.90. The lowest BCUT2D eigenvalue weighted by atomic mass is 10.2. The zero-order chi connectivity index (χ0) is 7.68. The average molecular weight is 146 g/mol. The van der Waals surface area contributed by atoms with Crippen LogP contribution in [0.25, 0.3) is 0 Å². The van der Waals surface area contributed by atoms with Gasteiger partial charge in [0, 0.05) is 17.8 Å². The van der Waals surface area contributed by atoms with E-state index in [1.165, 1.54) is 19.1 Å². The second-order valence-electron chi connectivity index (χ2n) is 2.91. The average Bonchev–Trinajstić information content (AvgIpc) is 2.87. The number of pyridine rings is 1. The SMILES string of the molecule is N=Cc1cccc(C2CC2)n1. The Hall–Kier alpha value is -1.18. The van der Waals surface area contributed by atoms with Gasteiger partial charge in [-0.25, -0.2) is 0 Å². The van der Waals surface area contributed by atoms with Gasteiger partial charge in [-0.05, 0) is 25.0 Å². The van der Waals surface area contributed by atoms with E-state index < -0.39 is 0 Å². The Morgan fingerprint density at radius 1 is 1.45 bits per heavy atom. The summed E-state index contributed by atoms with van der Waals surface area (Å²) in [6.07, 6.45) is 3.84. The molecule has 1 aromatic rings. The van der Waals surface area contributed by atoms with Gasteiger partial charge in [0.05, 0.1) is 5.69 Å². The highest BCUT2D eigenvalue weighted by Crippen LogP contribution is 2.38. The quantitative estimate of drug-likeness (QED) is 0.636. The van der Waals surface area contributed by atoms with Crippen LogP contribution in [0, 0.1) is 5.41 Å². The largest absolute Gasteiger partial charge is 0.307 e. The first-order chi connectivity index (χ1) is 5.40. The minimum Gasteiger partial charge on any atom is -0.307 e. The van der Waals surface area contributed by atoms with E-state index in [2.05, 4.69) is 4.98 Å². The van der Waals surface area contributed by atoms with Crippen LogP contribution in [0.3, 0.4) is 0 Å². The molecule has 0 saturated heterocycles. The van der Waals surface area contributed by atoms with E-state index in [0.717, 1.165) is 11.4 Å². The molecule has 0 radical (unpaired) electrons. The van der Waals surface area contributed by atoms with Crippen LogP contribution < -0.4 is 0 Å². The molecule has 1 N–H and O–H groups in total.